The van der Waals surface area contributed by atoms with E-state index in [1.54, 1.807) is 0 Å². The molecular formula is C16H23Cl2N. The molecule has 1 aromatic carbocycles. The average molecular weight is 300 g/mol. The molecule has 0 radical (unpaired) electrons. The average Bonchev–Trinajstić information content (AvgIpc) is 2.36. The molecule has 1 aromatic rings. The molecule has 1 saturated carbocycles. The third kappa shape index (κ3) is 3.26. The van der Waals surface area contributed by atoms with Crippen LogP contribution in [0.15, 0.2) is 24.3 Å². The highest BCUT2D eigenvalue weighted by atomic mass is 35.5. The molecule has 19 heavy (non-hydrogen) atoms. The van der Waals surface area contributed by atoms with Gasteiger partial charge in [0.25, 0.3) is 0 Å². The van der Waals surface area contributed by atoms with Gasteiger partial charge in [-0.1, -0.05) is 30.2 Å². The molecule has 2 fully saturated rings. The van der Waals surface area contributed by atoms with Gasteiger partial charge < -0.3 is 17.3 Å². The van der Waals surface area contributed by atoms with Crippen LogP contribution in [0.3, 0.4) is 0 Å². The first-order chi connectivity index (χ1) is 8.78. The van der Waals surface area contributed by atoms with Crippen molar-refractivity contribution in [2.75, 3.05) is 19.6 Å². The molecular weight excluding hydrogens is 277 g/mol. The van der Waals surface area contributed by atoms with Crippen LogP contribution in [-0.4, -0.2) is 19.6 Å². The van der Waals surface area contributed by atoms with Crippen LogP contribution in [0.4, 0.5) is 0 Å². The second-order valence-corrected chi connectivity index (χ2v) is 6.56. The van der Waals surface area contributed by atoms with Crippen molar-refractivity contribution < 1.29 is 17.3 Å². The number of halogens is 2. The molecule has 1 N–H and O–H groups in total. The minimum absolute atomic E-state index is 0. The minimum atomic E-state index is 0. The highest BCUT2D eigenvalue weighted by Crippen LogP contribution is 2.42. The molecule has 3 rings (SSSR count). The van der Waals surface area contributed by atoms with Gasteiger partial charge in [0.05, 0.1) is 19.6 Å². The highest BCUT2D eigenvalue weighted by Gasteiger charge is 2.42. The summed E-state index contributed by atoms with van der Waals surface area (Å²) in [5, 5.41) is 0.860. The maximum atomic E-state index is 6.01. The van der Waals surface area contributed by atoms with Gasteiger partial charge in [-0.25, -0.2) is 0 Å². The second-order valence-electron chi connectivity index (χ2n) is 6.13. The van der Waals surface area contributed by atoms with Crippen molar-refractivity contribution in [3.63, 3.8) is 0 Å². The van der Waals surface area contributed by atoms with Gasteiger partial charge >= 0.3 is 0 Å². The summed E-state index contributed by atoms with van der Waals surface area (Å²) < 4.78 is 0. The fraction of sp³-hybridized carbons (Fsp3) is 0.625. The van der Waals surface area contributed by atoms with E-state index in [9.17, 15) is 0 Å². The number of piperidine rings is 1. The molecule has 1 aliphatic heterocycles. The van der Waals surface area contributed by atoms with Gasteiger partial charge in [-0.05, 0) is 49.8 Å². The molecule has 0 atom stereocenters. The first kappa shape index (κ1) is 15.2. The normalized spacial score (nSPS) is 22.4. The fourth-order valence-electron chi connectivity index (χ4n) is 3.68. The lowest BCUT2D eigenvalue weighted by Gasteiger charge is -2.44. The van der Waals surface area contributed by atoms with Crippen LogP contribution in [0.5, 0.6) is 0 Å². The summed E-state index contributed by atoms with van der Waals surface area (Å²) in [6.07, 6.45) is 8.43. The Labute approximate surface area is 127 Å². The fourth-order valence-corrected chi connectivity index (χ4v) is 3.81. The van der Waals surface area contributed by atoms with Crippen LogP contribution in [0.1, 0.15) is 44.1 Å². The molecule has 0 amide bonds. The Hall–Kier alpha value is -0.240. The van der Waals surface area contributed by atoms with Crippen molar-refractivity contribution in [3.05, 3.63) is 34.9 Å². The summed E-state index contributed by atoms with van der Waals surface area (Å²) in [5.74, 6) is 0. The third-order valence-corrected chi connectivity index (χ3v) is 5.17. The maximum absolute atomic E-state index is 6.01. The van der Waals surface area contributed by atoms with E-state index in [4.69, 9.17) is 11.6 Å². The van der Waals surface area contributed by atoms with Crippen LogP contribution in [0, 0.1) is 0 Å². The van der Waals surface area contributed by atoms with Crippen molar-refractivity contribution in [2.24, 2.45) is 0 Å². The van der Waals surface area contributed by atoms with E-state index in [1.165, 1.54) is 63.7 Å². The first-order valence-electron chi connectivity index (χ1n) is 7.38. The largest absolute Gasteiger partial charge is 1.00 e. The number of rotatable bonds is 3. The molecule has 1 nitrogen and oxygen atoms in total. The highest BCUT2D eigenvalue weighted by molar-refractivity contribution is 6.30. The van der Waals surface area contributed by atoms with Gasteiger partial charge in [-0.15, -0.1) is 0 Å². The van der Waals surface area contributed by atoms with Crippen LogP contribution in [0.25, 0.3) is 0 Å². The second kappa shape index (κ2) is 6.47. The quantitative estimate of drug-likeness (QED) is 0.791. The summed E-state index contributed by atoms with van der Waals surface area (Å²) in [6.45, 7) is 4.11. The number of quaternary nitrogens is 1. The van der Waals surface area contributed by atoms with E-state index in [2.05, 4.69) is 24.3 Å². The monoisotopic (exact) mass is 299 g/mol. The smallest absolute Gasteiger partial charge is 0.0869 e. The Morgan fingerprint density at radius 2 is 1.58 bits per heavy atom. The van der Waals surface area contributed by atoms with Crippen LogP contribution in [-0.2, 0) is 5.41 Å². The molecule has 3 heteroatoms. The first-order valence-corrected chi connectivity index (χ1v) is 7.76. The Balaban J connectivity index is 0.00000133. The van der Waals surface area contributed by atoms with Gasteiger partial charge in [-0.3, -0.25) is 0 Å². The standard InChI is InChI=1S/C16H22ClN.ClH/c17-15-7-5-14(6-8-15)16(9-4-10-16)13-18-11-2-1-3-12-18;/h5-8H,1-4,9-13H2;1H. The van der Waals surface area contributed by atoms with Gasteiger partial charge in [0.15, 0.2) is 0 Å². The van der Waals surface area contributed by atoms with Gasteiger partial charge in [-0.2, -0.15) is 0 Å². The van der Waals surface area contributed by atoms with E-state index in [0.29, 0.717) is 5.41 Å². The zero-order valence-electron chi connectivity index (χ0n) is 11.4. The van der Waals surface area contributed by atoms with Crippen molar-refractivity contribution in [2.45, 2.75) is 43.9 Å². The van der Waals surface area contributed by atoms with E-state index in [1.807, 2.05) is 4.90 Å². The molecule has 0 spiro atoms. The SMILES string of the molecule is Clc1ccc(C2(C[NH+]3CCCCC3)CCC2)cc1.[Cl-]. The summed E-state index contributed by atoms with van der Waals surface area (Å²) in [6, 6.07) is 8.63. The Morgan fingerprint density at radius 1 is 0.947 bits per heavy atom. The molecule has 1 heterocycles. The molecule has 106 valence electrons. The van der Waals surface area contributed by atoms with E-state index >= 15 is 0 Å². The molecule has 0 bridgehead atoms. The number of nitrogens with one attached hydrogen (secondary N) is 1. The van der Waals surface area contributed by atoms with Crippen LogP contribution in [0.2, 0.25) is 5.02 Å². The Kier molecular flexibility index (Phi) is 5.16. The van der Waals surface area contributed by atoms with E-state index in [0.717, 1.165) is 5.02 Å². The molecule has 1 saturated heterocycles. The van der Waals surface area contributed by atoms with Crippen LogP contribution >= 0.6 is 11.6 Å². The number of benzene rings is 1. The maximum Gasteiger partial charge on any atom is 0.0869 e. The minimum Gasteiger partial charge on any atom is -1.00 e. The molecule has 2 aliphatic rings. The van der Waals surface area contributed by atoms with E-state index < -0.39 is 0 Å². The lowest BCUT2D eigenvalue weighted by atomic mass is 9.64. The van der Waals surface area contributed by atoms with E-state index in [-0.39, 0.29) is 12.4 Å². The molecule has 1 aliphatic carbocycles. The summed E-state index contributed by atoms with van der Waals surface area (Å²) in [7, 11) is 0. The van der Waals surface area contributed by atoms with Gasteiger partial charge in [0.1, 0.15) is 0 Å². The predicted molar refractivity (Wildman–Crippen MR) is 76.4 cm³/mol. The Morgan fingerprint density at radius 3 is 2.11 bits per heavy atom. The van der Waals surface area contributed by atoms with Crippen molar-refractivity contribution in [3.8, 4) is 0 Å². The zero-order chi connectivity index (χ0) is 12.4. The van der Waals surface area contributed by atoms with Gasteiger partial charge in [0.2, 0.25) is 0 Å². The van der Waals surface area contributed by atoms with Crippen LogP contribution < -0.4 is 17.3 Å². The lowest BCUT2D eigenvalue weighted by molar-refractivity contribution is -0.910. The van der Waals surface area contributed by atoms with Gasteiger partial charge in [0, 0.05) is 10.4 Å². The lowest BCUT2D eigenvalue weighted by Crippen LogP contribution is -3.14. The Bertz CT molecular complexity index is 392. The number of hydrogen-bond donors (Lipinski definition) is 1. The van der Waals surface area contributed by atoms with Crippen molar-refractivity contribution >= 4 is 11.6 Å². The summed E-state index contributed by atoms with van der Waals surface area (Å²) in [5.41, 5.74) is 1.99. The summed E-state index contributed by atoms with van der Waals surface area (Å²) in [4.78, 5) is 1.83. The zero-order valence-corrected chi connectivity index (χ0v) is 12.9. The van der Waals surface area contributed by atoms with Crippen molar-refractivity contribution in [1.29, 1.82) is 0 Å². The predicted octanol–water partition coefficient (Wildman–Crippen LogP) is -0.165. The summed E-state index contributed by atoms with van der Waals surface area (Å²) >= 11 is 6.01. The third-order valence-electron chi connectivity index (χ3n) is 4.92. The number of likely N-dealkylation sites (tertiary alicyclic amines) is 1. The molecule has 0 aromatic heterocycles. The van der Waals surface area contributed by atoms with Crippen molar-refractivity contribution in [1.82, 2.24) is 0 Å². The topological polar surface area (TPSA) is 4.44 Å². The number of hydrogen-bond acceptors (Lipinski definition) is 0. The molecule has 0 unspecified atom stereocenters.